The summed E-state index contributed by atoms with van der Waals surface area (Å²) in [6, 6.07) is 16.1. The number of Topliss-reactive ketones (excluding diaryl/α,β-unsaturated/α-hetero) is 1. The summed E-state index contributed by atoms with van der Waals surface area (Å²) in [6.45, 7) is 5.96. The third kappa shape index (κ3) is 4.35. The van der Waals surface area contributed by atoms with Gasteiger partial charge in [0.15, 0.2) is 5.78 Å². The van der Waals surface area contributed by atoms with Crippen LogP contribution in [0.4, 0.5) is 0 Å². The minimum absolute atomic E-state index is 0.0503. The van der Waals surface area contributed by atoms with Crippen molar-refractivity contribution in [1.29, 1.82) is 0 Å². The summed E-state index contributed by atoms with van der Waals surface area (Å²) in [6.07, 6.45) is 8.05. The molecule has 0 spiro atoms. The summed E-state index contributed by atoms with van der Waals surface area (Å²) in [7, 11) is 0. The predicted octanol–water partition coefficient (Wildman–Crippen LogP) is 5.62. The number of carbonyl (C=O) groups excluding carboxylic acids is 1. The van der Waals surface area contributed by atoms with Crippen LogP contribution in [0.2, 0.25) is 0 Å². The van der Waals surface area contributed by atoms with Gasteiger partial charge in [-0.2, -0.15) is 5.10 Å². The molecule has 0 amide bonds. The molecule has 6 nitrogen and oxygen atoms in total. The molecule has 0 aliphatic carbocycles. The molecule has 2 aromatic carbocycles. The predicted molar refractivity (Wildman–Crippen MR) is 133 cm³/mol. The van der Waals surface area contributed by atoms with Gasteiger partial charge in [0.05, 0.1) is 34.5 Å². The summed E-state index contributed by atoms with van der Waals surface area (Å²) in [5.74, 6) is 0.0503. The number of hydrogen-bond donors (Lipinski definition) is 0. The molecule has 0 saturated heterocycles. The van der Waals surface area contributed by atoms with Gasteiger partial charge in [-0.1, -0.05) is 23.8 Å². The van der Waals surface area contributed by atoms with E-state index in [0.717, 1.165) is 44.8 Å². The van der Waals surface area contributed by atoms with Crippen LogP contribution in [0.25, 0.3) is 27.8 Å². The summed E-state index contributed by atoms with van der Waals surface area (Å²) in [4.78, 5) is 26.6. The smallest absolute Gasteiger partial charge is 0.163 e. The fourth-order valence-electron chi connectivity index (χ4n) is 3.95. The van der Waals surface area contributed by atoms with Gasteiger partial charge in [0, 0.05) is 41.5 Å². The van der Waals surface area contributed by atoms with Crippen molar-refractivity contribution in [3.8, 4) is 16.9 Å². The Hall–Kier alpha value is -4.19. The van der Waals surface area contributed by atoms with Gasteiger partial charge in [0.25, 0.3) is 0 Å². The van der Waals surface area contributed by atoms with Crippen LogP contribution in [-0.4, -0.2) is 30.5 Å². The molecule has 0 bridgehead atoms. The Bertz CT molecular complexity index is 1470. The number of benzene rings is 2. The zero-order valence-electron chi connectivity index (χ0n) is 19.5. The molecular weight excluding hydrogens is 422 g/mol. The van der Waals surface area contributed by atoms with Gasteiger partial charge in [-0.25, -0.2) is 4.68 Å². The van der Waals surface area contributed by atoms with Crippen LogP contribution in [-0.2, 0) is 6.42 Å². The number of fused-ring (bicyclic) bond motifs is 1. The monoisotopic (exact) mass is 447 g/mol. The van der Waals surface area contributed by atoms with Gasteiger partial charge in [-0.15, -0.1) is 0 Å². The number of hydrogen-bond acceptors (Lipinski definition) is 5. The van der Waals surface area contributed by atoms with Crippen molar-refractivity contribution in [2.45, 2.75) is 33.6 Å². The Kier molecular flexibility index (Phi) is 5.72. The quantitative estimate of drug-likeness (QED) is 0.316. The molecule has 3 heterocycles. The number of carbonyl (C=O) groups is 1. The number of aromatic nitrogens is 5. The normalized spacial score (nSPS) is 11.1. The second kappa shape index (κ2) is 8.98. The first-order valence-corrected chi connectivity index (χ1v) is 11.3. The van der Waals surface area contributed by atoms with Crippen LogP contribution in [0.15, 0.2) is 73.3 Å². The second-order valence-corrected chi connectivity index (χ2v) is 8.64. The Morgan fingerprint density at radius 3 is 2.32 bits per heavy atom. The van der Waals surface area contributed by atoms with Crippen LogP contribution < -0.4 is 0 Å². The number of pyridine rings is 1. The second-order valence-electron chi connectivity index (χ2n) is 8.64. The van der Waals surface area contributed by atoms with E-state index >= 15 is 0 Å². The highest BCUT2D eigenvalue weighted by Crippen LogP contribution is 2.31. The van der Waals surface area contributed by atoms with Crippen LogP contribution in [0.1, 0.15) is 39.3 Å². The average Bonchev–Trinajstić information content (AvgIpc) is 3.28. The minimum atomic E-state index is 0.0503. The zero-order chi connectivity index (χ0) is 23.7. The minimum Gasteiger partial charge on any atom is -0.294 e. The van der Waals surface area contributed by atoms with E-state index in [9.17, 15) is 4.79 Å². The van der Waals surface area contributed by atoms with E-state index in [4.69, 9.17) is 0 Å². The standard InChI is InChI=1S/C28H25N5O/c1-18-4-8-23(9-5-18)33-27-13-21(28(34)11-7-22-16-29-20(3)15-30-22)12-24(25(27)17-32-33)26-10-6-19(2)14-31-26/h4-6,8-10,12-17H,7,11H2,1-3H3. The van der Waals surface area contributed by atoms with E-state index in [1.165, 1.54) is 5.56 Å². The SMILES string of the molecule is Cc1ccc(-n2ncc3c(-c4ccc(C)cn4)cc(C(=O)CCc4cnc(C)cn4)cc32)cc1. The Morgan fingerprint density at radius 1 is 0.824 bits per heavy atom. The van der Waals surface area contributed by atoms with E-state index in [2.05, 4.69) is 39.1 Å². The van der Waals surface area contributed by atoms with Gasteiger partial charge in [-0.05, 0) is 63.1 Å². The third-order valence-corrected chi connectivity index (χ3v) is 5.92. The summed E-state index contributed by atoms with van der Waals surface area (Å²) < 4.78 is 1.88. The first-order chi connectivity index (χ1) is 16.5. The molecule has 0 atom stereocenters. The largest absolute Gasteiger partial charge is 0.294 e. The molecule has 0 N–H and O–H groups in total. The van der Waals surface area contributed by atoms with E-state index in [0.29, 0.717) is 18.4 Å². The zero-order valence-corrected chi connectivity index (χ0v) is 19.5. The number of ketones is 1. The topological polar surface area (TPSA) is 73.6 Å². The molecule has 6 heteroatoms. The van der Waals surface area contributed by atoms with Crippen molar-refractivity contribution in [3.05, 3.63) is 101 Å². The molecule has 0 unspecified atom stereocenters. The molecule has 0 saturated carbocycles. The maximum absolute atomic E-state index is 13.3. The number of aryl methyl sites for hydroxylation is 4. The van der Waals surface area contributed by atoms with E-state index in [1.54, 1.807) is 12.4 Å². The molecule has 0 fully saturated rings. The van der Waals surface area contributed by atoms with Gasteiger partial charge in [0.1, 0.15) is 0 Å². The maximum Gasteiger partial charge on any atom is 0.163 e. The first kappa shape index (κ1) is 21.6. The fourth-order valence-corrected chi connectivity index (χ4v) is 3.95. The lowest BCUT2D eigenvalue weighted by Gasteiger charge is -2.10. The molecule has 0 aliphatic rings. The first-order valence-electron chi connectivity index (χ1n) is 11.3. The Labute approximate surface area is 198 Å². The lowest BCUT2D eigenvalue weighted by molar-refractivity contribution is 0.0982. The van der Waals surface area contributed by atoms with Crippen LogP contribution >= 0.6 is 0 Å². The maximum atomic E-state index is 13.3. The summed E-state index contributed by atoms with van der Waals surface area (Å²) in [5.41, 5.74) is 8.11. The van der Waals surface area contributed by atoms with Crippen molar-refractivity contribution in [2.24, 2.45) is 0 Å². The lowest BCUT2D eigenvalue weighted by Crippen LogP contribution is -2.04. The van der Waals surface area contributed by atoms with E-state index in [1.807, 2.05) is 67.3 Å². The summed E-state index contributed by atoms with van der Waals surface area (Å²) in [5, 5.41) is 5.62. The van der Waals surface area contributed by atoms with Crippen LogP contribution in [0.3, 0.4) is 0 Å². The van der Waals surface area contributed by atoms with Gasteiger partial charge in [-0.3, -0.25) is 19.7 Å². The Balaban J connectivity index is 1.58. The van der Waals surface area contributed by atoms with Crippen LogP contribution in [0.5, 0.6) is 0 Å². The van der Waals surface area contributed by atoms with Gasteiger partial charge >= 0.3 is 0 Å². The Morgan fingerprint density at radius 2 is 1.62 bits per heavy atom. The molecule has 168 valence electrons. The number of nitrogens with zero attached hydrogens (tertiary/aromatic N) is 5. The number of rotatable bonds is 6. The van der Waals surface area contributed by atoms with Crippen molar-refractivity contribution >= 4 is 16.7 Å². The highest BCUT2D eigenvalue weighted by atomic mass is 16.1. The molecule has 34 heavy (non-hydrogen) atoms. The fraction of sp³-hybridized carbons (Fsp3) is 0.179. The highest BCUT2D eigenvalue weighted by molar-refractivity contribution is 6.04. The molecule has 5 aromatic rings. The highest BCUT2D eigenvalue weighted by Gasteiger charge is 2.17. The van der Waals surface area contributed by atoms with Gasteiger partial charge < -0.3 is 0 Å². The van der Waals surface area contributed by atoms with Crippen molar-refractivity contribution < 1.29 is 4.79 Å². The van der Waals surface area contributed by atoms with E-state index in [-0.39, 0.29) is 5.78 Å². The molecular formula is C28H25N5O. The van der Waals surface area contributed by atoms with Crippen molar-refractivity contribution in [2.75, 3.05) is 0 Å². The molecule has 5 rings (SSSR count). The van der Waals surface area contributed by atoms with Crippen molar-refractivity contribution in [3.63, 3.8) is 0 Å². The van der Waals surface area contributed by atoms with E-state index < -0.39 is 0 Å². The summed E-state index contributed by atoms with van der Waals surface area (Å²) >= 11 is 0. The lowest BCUT2D eigenvalue weighted by atomic mass is 9.98. The molecule has 0 radical (unpaired) electrons. The third-order valence-electron chi connectivity index (χ3n) is 5.92. The molecule has 0 aliphatic heterocycles. The molecule has 3 aromatic heterocycles. The van der Waals surface area contributed by atoms with Gasteiger partial charge in [0.2, 0.25) is 0 Å². The van der Waals surface area contributed by atoms with Crippen molar-refractivity contribution in [1.82, 2.24) is 24.7 Å². The average molecular weight is 448 g/mol. The van der Waals surface area contributed by atoms with Crippen LogP contribution in [0, 0.1) is 20.8 Å².